The Labute approximate surface area is 341 Å². The van der Waals surface area contributed by atoms with Gasteiger partial charge in [-0.2, -0.15) is 0 Å². The molecule has 0 saturated heterocycles. The molecule has 320 valence electrons. The van der Waals surface area contributed by atoms with E-state index in [0.29, 0.717) is 39.1 Å². The van der Waals surface area contributed by atoms with Crippen LogP contribution in [-0.4, -0.2) is 44.1 Å². The van der Waals surface area contributed by atoms with E-state index < -0.39 is 0 Å². The molecule has 0 fully saturated rings. The highest BCUT2D eigenvalue weighted by Gasteiger charge is 2.21. The van der Waals surface area contributed by atoms with Crippen LogP contribution in [0, 0.1) is 11.8 Å². The van der Waals surface area contributed by atoms with E-state index in [9.17, 15) is 9.59 Å². The maximum atomic E-state index is 12.8. The average Bonchev–Trinajstić information content (AvgIpc) is 3.20. The number of Topliss-reactive ketones (excluding diaryl/α,β-unsaturated/α-hetero) is 1. The first kappa shape index (κ1) is 51.1. The summed E-state index contributed by atoms with van der Waals surface area (Å²) in [5.41, 5.74) is 5.50. The third-order valence-corrected chi connectivity index (χ3v) is 11.6. The molecular formula is C49H90N2O4. The molecule has 6 nitrogen and oxygen atoms in total. The van der Waals surface area contributed by atoms with E-state index in [1.54, 1.807) is 0 Å². The van der Waals surface area contributed by atoms with Crippen molar-refractivity contribution < 1.29 is 19.1 Å². The van der Waals surface area contributed by atoms with Gasteiger partial charge < -0.3 is 20.5 Å². The molecule has 3 unspecified atom stereocenters. The standard InChI is InChI=1S/C49H90N2O4/c1-4-7-9-11-17-24-32-44(45(33-25-18-12-10-8-5-2)35-27-20-14-16-22-31-39-49(53)51-41-40-50)34-26-19-13-15-21-30-38-47(52)48(6-3)55-43-42-54-46-36-28-23-29-37-46/h23,28-29,36-37,44-45,48H,4-22,24-27,30-35,38-43,50H2,1-3H3,(H,51,53). The van der Waals surface area contributed by atoms with Crippen LogP contribution >= 0.6 is 0 Å². The highest BCUT2D eigenvalue weighted by molar-refractivity contribution is 5.82. The minimum absolute atomic E-state index is 0.153. The summed E-state index contributed by atoms with van der Waals surface area (Å²) in [5.74, 6) is 3.01. The maximum Gasteiger partial charge on any atom is 0.220 e. The van der Waals surface area contributed by atoms with Crippen molar-refractivity contribution in [2.24, 2.45) is 17.6 Å². The van der Waals surface area contributed by atoms with Crippen molar-refractivity contribution in [2.45, 2.75) is 226 Å². The first-order valence-electron chi connectivity index (χ1n) is 23.8. The van der Waals surface area contributed by atoms with Crippen molar-refractivity contribution in [3.8, 4) is 5.75 Å². The van der Waals surface area contributed by atoms with E-state index in [2.05, 4.69) is 19.2 Å². The van der Waals surface area contributed by atoms with Crippen molar-refractivity contribution >= 4 is 11.7 Å². The summed E-state index contributed by atoms with van der Waals surface area (Å²) in [5, 5.41) is 2.89. The summed E-state index contributed by atoms with van der Waals surface area (Å²) in [6.45, 7) is 8.68. The lowest BCUT2D eigenvalue weighted by molar-refractivity contribution is -0.131. The number of amides is 1. The fraction of sp³-hybridized carbons (Fsp3) is 0.837. The van der Waals surface area contributed by atoms with Crippen LogP contribution in [0.4, 0.5) is 0 Å². The van der Waals surface area contributed by atoms with Gasteiger partial charge in [0.25, 0.3) is 0 Å². The number of ether oxygens (including phenoxy) is 2. The second-order valence-corrected chi connectivity index (χ2v) is 16.5. The highest BCUT2D eigenvalue weighted by Crippen LogP contribution is 2.34. The van der Waals surface area contributed by atoms with Gasteiger partial charge in [-0.3, -0.25) is 9.59 Å². The van der Waals surface area contributed by atoms with E-state index in [4.69, 9.17) is 15.2 Å². The molecule has 0 bridgehead atoms. The van der Waals surface area contributed by atoms with E-state index >= 15 is 0 Å². The van der Waals surface area contributed by atoms with Gasteiger partial charge in [0.2, 0.25) is 5.91 Å². The molecule has 1 amide bonds. The van der Waals surface area contributed by atoms with E-state index in [1.807, 2.05) is 37.3 Å². The van der Waals surface area contributed by atoms with Crippen LogP contribution in [0.15, 0.2) is 30.3 Å². The number of nitrogens with one attached hydrogen (secondary N) is 1. The number of carbonyl (C=O) groups is 2. The normalized spacial score (nSPS) is 13.1. The zero-order valence-electron chi connectivity index (χ0n) is 36.6. The third kappa shape index (κ3) is 30.8. The van der Waals surface area contributed by atoms with E-state index in [0.717, 1.165) is 49.7 Å². The summed E-state index contributed by atoms with van der Waals surface area (Å²) in [4.78, 5) is 24.7. The predicted molar refractivity (Wildman–Crippen MR) is 236 cm³/mol. The lowest BCUT2D eigenvalue weighted by Crippen LogP contribution is -2.28. The Balaban J connectivity index is 2.49. The van der Waals surface area contributed by atoms with Gasteiger partial charge in [-0.1, -0.05) is 206 Å². The van der Waals surface area contributed by atoms with Gasteiger partial charge in [0, 0.05) is 25.9 Å². The van der Waals surface area contributed by atoms with Gasteiger partial charge in [0.05, 0.1) is 6.61 Å². The number of nitrogens with two attached hydrogens (primary N) is 1. The Bertz CT molecular complexity index is 973. The molecule has 1 rings (SSSR count). The van der Waals surface area contributed by atoms with Gasteiger partial charge in [-0.15, -0.1) is 0 Å². The summed E-state index contributed by atoms with van der Waals surface area (Å²) in [7, 11) is 0. The van der Waals surface area contributed by atoms with Crippen molar-refractivity contribution in [3.05, 3.63) is 30.3 Å². The monoisotopic (exact) mass is 771 g/mol. The molecule has 0 aliphatic carbocycles. The molecule has 1 aromatic carbocycles. The Hall–Kier alpha value is -1.92. The van der Waals surface area contributed by atoms with Crippen molar-refractivity contribution in [1.82, 2.24) is 5.32 Å². The van der Waals surface area contributed by atoms with Crippen LogP contribution < -0.4 is 15.8 Å². The first-order chi connectivity index (χ1) is 27.0. The number of para-hydroxylation sites is 1. The first-order valence-corrected chi connectivity index (χ1v) is 23.8. The molecule has 3 N–H and O–H groups in total. The summed E-state index contributed by atoms with van der Waals surface area (Å²) in [6, 6.07) is 9.77. The zero-order valence-corrected chi connectivity index (χ0v) is 36.6. The SMILES string of the molecule is CCCCCCCCC(CCCCCCCCC(=O)NCCN)C(CCCCCCCC)CCCCCCCCC(=O)C(CC)OCCOc1ccccc1. The van der Waals surface area contributed by atoms with E-state index in [-0.39, 0.29) is 17.8 Å². The molecule has 0 heterocycles. The van der Waals surface area contributed by atoms with E-state index in [1.165, 1.54) is 154 Å². The fourth-order valence-electron chi connectivity index (χ4n) is 8.18. The van der Waals surface area contributed by atoms with Crippen LogP contribution in [0.5, 0.6) is 5.75 Å². The largest absolute Gasteiger partial charge is 0.491 e. The number of ketones is 1. The molecule has 1 aromatic rings. The second-order valence-electron chi connectivity index (χ2n) is 16.5. The van der Waals surface area contributed by atoms with Crippen LogP contribution in [0.1, 0.15) is 220 Å². The molecule has 0 saturated carbocycles. The fourth-order valence-corrected chi connectivity index (χ4v) is 8.18. The Morgan fingerprint density at radius 3 is 1.45 bits per heavy atom. The Kier molecular flexibility index (Phi) is 36.2. The van der Waals surface area contributed by atoms with Crippen molar-refractivity contribution in [3.63, 3.8) is 0 Å². The van der Waals surface area contributed by atoms with Crippen LogP contribution in [0.25, 0.3) is 0 Å². The summed E-state index contributed by atoms with van der Waals surface area (Å²) < 4.78 is 11.6. The lowest BCUT2D eigenvalue weighted by atomic mass is 9.78. The van der Waals surface area contributed by atoms with Crippen LogP contribution in [-0.2, 0) is 14.3 Å². The van der Waals surface area contributed by atoms with Gasteiger partial charge in [0.15, 0.2) is 5.78 Å². The molecule has 0 spiro atoms. The number of carbonyl (C=O) groups excluding carboxylic acids is 2. The molecule has 0 aromatic heterocycles. The Morgan fingerprint density at radius 2 is 1.00 bits per heavy atom. The van der Waals surface area contributed by atoms with Gasteiger partial charge in [-0.05, 0) is 43.2 Å². The molecule has 0 aliphatic rings. The molecule has 3 atom stereocenters. The van der Waals surface area contributed by atoms with Gasteiger partial charge >= 0.3 is 0 Å². The Morgan fingerprint density at radius 1 is 0.564 bits per heavy atom. The van der Waals surface area contributed by atoms with Crippen LogP contribution in [0.2, 0.25) is 0 Å². The van der Waals surface area contributed by atoms with Crippen LogP contribution in [0.3, 0.4) is 0 Å². The second kappa shape index (κ2) is 38.9. The summed E-state index contributed by atoms with van der Waals surface area (Å²) in [6.07, 6.45) is 38.8. The molecule has 0 aliphatic heterocycles. The highest BCUT2D eigenvalue weighted by atomic mass is 16.5. The minimum Gasteiger partial charge on any atom is -0.491 e. The number of hydrogen-bond donors (Lipinski definition) is 2. The maximum absolute atomic E-state index is 12.8. The number of benzene rings is 1. The summed E-state index contributed by atoms with van der Waals surface area (Å²) >= 11 is 0. The minimum atomic E-state index is -0.307. The quantitative estimate of drug-likeness (QED) is 0.0646. The smallest absolute Gasteiger partial charge is 0.220 e. The predicted octanol–water partition coefficient (Wildman–Crippen LogP) is 13.5. The molecule has 0 radical (unpaired) electrons. The average molecular weight is 771 g/mol. The number of rotatable bonds is 42. The third-order valence-electron chi connectivity index (χ3n) is 11.6. The molecular weight excluding hydrogens is 681 g/mol. The number of unbranched alkanes of at least 4 members (excludes halogenated alkanes) is 20. The lowest BCUT2D eigenvalue weighted by Gasteiger charge is -2.28. The van der Waals surface area contributed by atoms with Gasteiger partial charge in [-0.25, -0.2) is 0 Å². The zero-order chi connectivity index (χ0) is 39.9. The topological polar surface area (TPSA) is 90.7 Å². The molecule has 6 heteroatoms. The van der Waals surface area contributed by atoms with Crippen molar-refractivity contribution in [2.75, 3.05) is 26.3 Å². The molecule has 55 heavy (non-hydrogen) atoms. The van der Waals surface area contributed by atoms with Crippen molar-refractivity contribution in [1.29, 1.82) is 0 Å². The van der Waals surface area contributed by atoms with Gasteiger partial charge in [0.1, 0.15) is 18.5 Å². The number of hydrogen-bond acceptors (Lipinski definition) is 5.